The highest BCUT2D eigenvalue weighted by Gasteiger charge is 2.09. The van der Waals surface area contributed by atoms with E-state index in [1.54, 1.807) is 24.5 Å². The standard InChI is InChI=1S/C14H12Br2N2O2/c1-9-5-10(15)6-12(16)14(9)20-8-13(19)18-11-3-2-4-17-7-11/h2-7H,8H2,1H3,(H,18,19). The Kier molecular flexibility index (Phi) is 5.14. The van der Waals surface area contributed by atoms with Crippen molar-refractivity contribution in [2.45, 2.75) is 6.92 Å². The maximum atomic E-state index is 11.8. The molecule has 1 amide bonds. The van der Waals surface area contributed by atoms with E-state index in [-0.39, 0.29) is 12.5 Å². The molecule has 0 fully saturated rings. The number of carbonyl (C=O) groups is 1. The maximum absolute atomic E-state index is 11.8. The fraction of sp³-hybridized carbons (Fsp3) is 0.143. The molecule has 0 spiro atoms. The molecule has 0 aliphatic heterocycles. The van der Waals surface area contributed by atoms with Gasteiger partial charge in [0.15, 0.2) is 6.61 Å². The number of aryl methyl sites for hydroxylation is 1. The Morgan fingerprint density at radius 1 is 1.40 bits per heavy atom. The third-order valence-corrected chi connectivity index (χ3v) is 3.53. The molecule has 0 bridgehead atoms. The topological polar surface area (TPSA) is 51.2 Å². The van der Waals surface area contributed by atoms with Gasteiger partial charge in [0.25, 0.3) is 5.91 Å². The molecule has 0 aliphatic carbocycles. The quantitative estimate of drug-likeness (QED) is 0.847. The number of amides is 1. The molecule has 4 nitrogen and oxygen atoms in total. The number of pyridine rings is 1. The number of hydrogen-bond acceptors (Lipinski definition) is 3. The molecule has 1 N–H and O–H groups in total. The smallest absolute Gasteiger partial charge is 0.262 e. The molecule has 6 heteroatoms. The van der Waals surface area contributed by atoms with E-state index in [1.807, 2.05) is 19.1 Å². The van der Waals surface area contributed by atoms with Gasteiger partial charge in [-0.3, -0.25) is 9.78 Å². The molecule has 1 aromatic heterocycles. The lowest BCUT2D eigenvalue weighted by atomic mass is 10.2. The second kappa shape index (κ2) is 6.85. The summed E-state index contributed by atoms with van der Waals surface area (Å²) in [5, 5.41) is 2.71. The fourth-order valence-electron chi connectivity index (χ4n) is 1.64. The summed E-state index contributed by atoms with van der Waals surface area (Å²) in [5.74, 6) is 0.432. The van der Waals surface area contributed by atoms with Crippen LogP contribution in [0.1, 0.15) is 5.56 Å². The van der Waals surface area contributed by atoms with Crippen LogP contribution in [0.4, 0.5) is 5.69 Å². The van der Waals surface area contributed by atoms with Gasteiger partial charge in [0.05, 0.1) is 16.4 Å². The number of benzene rings is 1. The molecule has 1 aromatic carbocycles. The monoisotopic (exact) mass is 398 g/mol. The van der Waals surface area contributed by atoms with Gasteiger partial charge in [-0.2, -0.15) is 0 Å². The van der Waals surface area contributed by atoms with Crippen molar-refractivity contribution in [2.24, 2.45) is 0 Å². The molecule has 0 saturated heterocycles. The van der Waals surface area contributed by atoms with Gasteiger partial charge in [0.2, 0.25) is 0 Å². The molecule has 2 aromatic rings. The van der Waals surface area contributed by atoms with Crippen LogP contribution in [0, 0.1) is 6.92 Å². The van der Waals surface area contributed by atoms with Crippen molar-refractivity contribution in [1.82, 2.24) is 4.98 Å². The first-order chi connectivity index (χ1) is 9.56. The van der Waals surface area contributed by atoms with Crippen LogP contribution in [0.3, 0.4) is 0 Å². The molecule has 0 saturated carbocycles. The van der Waals surface area contributed by atoms with Crippen molar-refractivity contribution in [3.63, 3.8) is 0 Å². The fourth-order valence-corrected chi connectivity index (χ4v) is 3.20. The number of aromatic nitrogens is 1. The van der Waals surface area contributed by atoms with Crippen molar-refractivity contribution in [3.8, 4) is 5.75 Å². The molecule has 2 rings (SSSR count). The Labute approximate surface area is 133 Å². The van der Waals surface area contributed by atoms with E-state index in [9.17, 15) is 4.79 Å². The number of halogens is 2. The summed E-state index contributed by atoms with van der Waals surface area (Å²) >= 11 is 6.82. The van der Waals surface area contributed by atoms with Crippen molar-refractivity contribution in [3.05, 3.63) is 51.2 Å². The number of hydrogen-bond donors (Lipinski definition) is 1. The van der Waals surface area contributed by atoms with Crippen molar-refractivity contribution >= 4 is 43.5 Å². The van der Waals surface area contributed by atoms with Gasteiger partial charge in [-0.05, 0) is 52.7 Å². The summed E-state index contributed by atoms with van der Waals surface area (Å²) < 4.78 is 7.31. The predicted molar refractivity (Wildman–Crippen MR) is 84.9 cm³/mol. The zero-order chi connectivity index (χ0) is 14.5. The summed E-state index contributed by atoms with van der Waals surface area (Å²) in [7, 11) is 0. The summed E-state index contributed by atoms with van der Waals surface area (Å²) in [5.41, 5.74) is 1.59. The third-order valence-electron chi connectivity index (χ3n) is 2.49. The largest absolute Gasteiger partial charge is 0.482 e. The van der Waals surface area contributed by atoms with Gasteiger partial charge < -0.3 is 10.1 Å². The van der Waals surface area contributed by atoms with E-state index in [0.717, 1.165) is 14.5 Å². The zero-order valence-electron chi connectivity index (χ0n) is 10.7. The second-order valence-electron chi connectivity index (χ2n) is 4.11. The summed E-state index contributed by atoms with van der Waals surface area (Å²) in [6, 6.07) is 7.33. The van der Waals surface area contributed by atoms with Gasteiger partial charge in [0, 0.05) is 10.7 Å². The minimum Gasteiger partial charge on any atom is -0.482 e. The highest BCUT2D eigenvalue weighted by atomic mass is 79.9. The Hall–Kier alpha value is -1.40. The minimum absolute atomic E-state index is 0.0596. The highest BCUT2D eigenvalue weighted by Crippen LogP contribution is 2.32. The zero-order valence-corrected chi connectivity index (χ0v) is 13.9. The molecule has 104 valence electrons. The van der Waals surface area contributed by atoms with Gasteiger partial charge in [-0.25, -0.2) is 0 Å². The van der Waals surface area contributed by atoms with Gasteiger partial charge in [-0.15, -0.1) is 0 Å². The van der Waals surface area contributed by atoms with Crippen LogP contribution >= 0.6 is 31.9 Å². The van der Waals surface area contributed by atoms with E-state index in [0.29, 0.717) is 11.4 Å². The first-order valence-electron chi connectivity index (χ1n) is 5.84. The molecule has 0 aliphatic rings. The van der Waals surface area contributed by atoms with Crippen LogP contribution in [0.15, 0.2) is 45.6 Å². The van der Waals surface area contributed by atoms with Gasteiger partial charge >= 0.3 is 0 Å². The van der Waals surface area contributed by atoms with Crippen molar-refractivity contribution in [2.75, 3.05) is 11.9 Å². The van der Waals surface area contributed by atoms with Crippen LogP contribution in [0.5, 0.6) is 5.75 Å². The Bertz CT molecular complexity index is 595. The molecule has 20 heavy (non-hydrogen) atoms. The molecule has 1 heterocycles. The third kappa shape index (κ3) is 4.05. The number of carbonyl (C=O) groups excluding carboxylic acids is 1. The lowest BCUT2D eigenvalue weighted by Gasteiger charge is -2.11. The van der Waals surface area contributed by atoms with Crippen LogP contribution in [0.2, 0.25) is 0 Å². The second-order valence-corrected chi connectivity index (χ2v) is 5.88. The summed E-state index contributed by atoms with van der Waals surface area (Å²) in [6.45, 7) is 1.86. The highest BCUT2D eigenvalue weighted by molar-refractivity contribution is 9.11. The SMILES string of the molecule is Cc1cc(Br)cc(Br)c1OCC(=O)Nc1cccnc1. The molecular formula is C14H12Br2N2O2. The van der Waals surface area contributed by atoms with E-state index in [2.05, 4.69) is 42.2 Å². The van der Waals surface area contributed by atoms with Crippen molar-refractivity contribution in [1.29, 1.82) is 0 Å². The predicted octanol–water partition coefficient (Wildman–Crippen LogP) is 3.93. The average molecular weight is 400 g/mol. The Morgan fingerprint density at radius 3 is 2.85 bits per heavy atom. The average Bonchev–Trinajstić information content (AvgIpc) is 2.38. The summed E-state index contributed by atoms with van der Waals surface area (Å²) in [4.78, 5) is 15.7. The van der Waals surface area contributed by atoms with Crippen LogP contribution < -0.4 is 10.1 Å². The van der Waals surface area contributed by atoms with Crippen LogP contribution in [-0.4, -0.2) is 17.5 Å². The van der Waals surface area contributed by atoms with E-state index in [4.69, 9.17) is 4.74 Å². The lowest BCUT2D eigenvalue weighted by molar-refractivity contribution is -0.118. The maximum Gasteiger partial charge on any atom is 0.262 e. The first kappa shape index (κ1) is 15.0. The number of ether oxygens (including phenoxy) is 1. The molecule has 0 radical (unpaired) electrons. The van der Waals surface area contributed by atoms with Gasteiger partial charge in [0.1, 0.15) is 5.75 Å². The minimum atomic E-state index is -0.229. The molecule has 0 unspecified atom stereocenters. The van der Waals surface area contributed by atoms with Crippen LogP contribution in [-0.2, 0) is 4.79 Å². The molecule has 0 atom stereocenters. The first-order valence-corrected chi connectivity index (χ1v) is 7.43. The van der Waals surface area contributed by atoms with Gasteiger partial charge in [-0.1, -0.05) is 15.9 Å². The summed E-state index contributed by atoms with van der Waals surface area (Å²) in [6.07, 6.45) is 3.23. The number of anilines is 1. The lowest BCUT2D eigenvalue weighted by Crippen LogP contribution is -2.20. The number of nitrogens with one attached hydrogen (secondary N) is 1. The number of rotatable bonds is 4. The molecular weight excluding hydrogens is 388 g/mol. The number of nitrogens with zero attached hydrogens (tertiary/aromatic N) is 1. The van der Waals surface area contributed by atoms with E-state index < -0.39 is 0 Å². The van der Waals surface area contributed by atoms with E-state index in [1.165, 1.54) is 0 Å². The van der Waals surface area contributed by atoms with E-state index >= 15 is 0 Å². The Morgan fingerprint density at radius 2 is 2.20 bits per heavy atom. The van der Waals surface area contributed by atoms with Crippen molar-refractivity contribution < 1.29 is 9.53 Å². The normalized spacial score (nSPS) is 10.2. The van der Waals surface area contributed by atoms with Crippen LogP contribution in [0.25, 0.3) is 0 Å². The Balaban J connectivity index is 1.97.